The number of aliphatic carboxylic acids is 4. The van der Waals surface area contributed by atoms with Crippen LogP contribution in [0.25, 0.3) is 0 Å². The summed E-state index contributed by atoms with van der Waals surface area (Å²) >= 11 is 0. The van der Waals surface area contributed by atoms with Crippen molar-refractivity contribution in [2.24, 2.45) is 0 Å². The van der Waals surface area contributed by atoms with Gasteiger partial charge in [-0.3, -0.25) is 9.28 Å². The number of carboxylic acids is 4. The molecule has 11 nitrogen and oxygen atoms in total. The van der Waals surface area contributed by atoms with Gasteiger partial charge in [-0.25, -0.2) is 19.3 Å². The minimum Gasteiger partial charge on any atom is -0.480 e. The number of rotatable bonds is 7. The van der Waals surface area contributed by atoms with Crippen molar-refractivity contribution >= 4 is 23.9 Å². The summed E-state index contributed by atoms with van der Waals surface area (Å²) in [4.78, 5) is 46.1. The van der Waals surface area contributed by atoms with E-state index in [0.717, 1.165) is 4.90 Å². The molecule has 0 aromatic rings. The Hall–Kier alpha value is -2.24. The number of hydrogen-bond donors (Lipinski definition) is 4. The van der Waals surface area contributed by atoms with Gasteiger partial charge in [0.05, 0.1) is 13.2 Å². The van der Waals surface area contributed by atoms with Crippen LogP contribution >= 0.6 is 0 Å². The molecule has 1 aliphatic heterocycles. The highest BCUT2D eigenvalue weighted by atomic mass is 16.5. The van der Waals surface area contributed by atoms with Crippen LogP contribution in [-0.2, 0) is 23.9 Å². The van der Waals surface area contributed by atoms with Crippen LogP contribution in [0.5, 0.6) is 0 Å². The molecule has 1 heterocycles. The monoisotopic (exact) mass is 335 g/mol. The lowest BCUT2D eigenvalue weighted by Crippen LogP contribution is -2.70. The van der Waals surface area contributed by atoms with Crippen molar-refractivity contribution in [2.75, 3.05) is 45.9 Å². The number of carbonyl (C=O) groups is 4. The van der Waals surface area contributed by atoms with E-state index < -0.39 is 54.2 Å². The highest BCUT2D eigenvalue weighted by Gasteiger charge is 2.49. The Kier molecular flexibility index (Phi) is 6.42. The first-order valence-corrected chi connectivity index (χ1v) is 6.74. The predicted molar refractivity (Wildman–Crippen MR) is 71.6 cm³/mol. The van der Waals surface area contributed by atoms with Gasteiger partial charge in [-0.1, -0.05) is 0 Å². The van der Waals surface area contributed by atoms with Gasteiger partial charge in [0, 0.05) is 6.54 Å². The molecule has 1 aliphatic rings. The van der Waals surface area contributed by atoms with Crippen molar-refractivity contribution in [1.82, 2.24) is 4.90 Å². The van der Waals surface area contributed by atoms with E-state index >= 15 is 0 Å². The molecule has 0 radical (unpaired) electrons. The molecule has 0 spiro atoms. The van der Waals surface area contributed by atoms with Crippen molar-refractivity contribution < 1.29 is 48.8 Å². The third-order valence-electron chi connectivity index (χ3n) is 3.53. The molecule has 1 rings (SSSR count). The molecular formula is C12H19N2O9+. The van der Waals surface area contributed by atoms with Gasteiger partial charge < -0.3 is 25.2 Å². The number of nitrogens with zero attached hydrogens (tertiary/aromatic N) is 2. The van der Waals surface area contributed by atoms with Crippen molar-refractivity contribution in [3.63, 3.8) is 0 Å². The van der Waals surface area contributed by atoms with Crippen LogP contribution in [0.2, 0.25) is 0 Å². The van der Waals surface area contributed by atoms with Crippen LogP contribution in [0, 0.1) is 0 Å². The molecule has 130 valence electrons. The van der Waals surface area contributed by atoms with Gasteiger partial charge in [0.1, 0.15) is 13.1 Å². The first-order valence-electron chi connectivity index (χ1n) is 6.74. The molecule has 0 aliphatic carbocycles. The number of carboxylic acid groups (broad SMARTS) is 4. The second-order valence-corrected chi connectivity index (χ2v) is 5.23. The van der Waals surface area contributed by atoms with Crippen LogP contribution in [0.15, 0.2) is 0 Å². The van der Waals surface area contributed by atoms with E-state index in [2.05, 4.69) is 0 Å². The first kappa shape index (κ1) is 18.8. The second kappa shape index (κ2) is 7.85. The summed E-state index contributed by atoms with van der Waals surface area (Å²) in [6.07, 6.45) is -1.61. The molecule has 0 bridgehead atoms. The Bertz CT molecular complexity index is 477. The van der Waals surface area contributed by atoms with Crippen molar-refractivity contribution in [1.29, 1.82) is 0 Å². The normalized spacial score (nSPS) is 21.8. The summed E-state index contributed by atoms with van der Waals surface area (Å²) < 4.78 is 4.35. The van der Waals surface area contributed by atoms with E-state index in [1.165, 1.54) is 0 Å². The number of hydrogen-bond acceptors (Lipinski definition) is 6. The van der Waals surface area contributed by atoms with Crippen molar-refractivity contribution in [2.45, 2.75) is 6.17 Å². The van der Waals surface area contributed by atoms with E-state index in [4.69, 9.17) is 20.1 Å². The molecular weight excluding hydrogens is 316 g/mol. The first-order chi connectivity index (χ1) is 10.7. The molecule has 11 heteroatoms. The van der Waals surface area contributed by atoms with Gasteiger partial charge in [0.15, 0.2) is 13.1 Å². The highest BCUT2D eigenvalue weighted by molar-refractivity contribution is 5.76. The molecule has 1 unspecified atom stereocenters. The maximum atomic E-state index is 11.7. The van der Waals surface area contributed by atoms with Gasteiger partial charge in [0.2, 0.25) is 6.17 Å². The lowest BCUT2D eigenvalue weighted by molar-refractivity contribution is -0.941. The summed E-state index contributed by atoms with van der Waals surface area (Å²) in [7, 11) is 0. The van der Waals surface area contributed by atoms with E-state index in [1.807, 2.05) is 0 Å². The highest BCUT2D eigenvalue weighted by Crippen LogP contribution is 2.20. The lowest BCUT2D eigenvalue weighted by atomic mass is 10.2. The topological polar surface area (TPSA) is 162 Å². The van der Waals surface area contributed by atoms with Crippen LogP contribution in [-0.4, -0.2) is 106 Å². The fourth-order valence-corrected chi connectivity index (χ4v) is 2.78. The van der Waals surface area contributed by atoms with Crippen molar-refractivity contribution in [3.05, 3.63) is 0 Å². The quantitative estimate of drug-likeness (QED) is 0.376. The standard InChI is InChI=1S/C12H18N2O9/c15-8(16)5-13-1-3-23-4-2-14(6-9(17)18,7-10(19)20)11(13)12(21)22/h11H,1-7H2,(H3-,15,16,17,18,19,20,21,22)/p+1. The van der Waals surface area contributed by atoms with E-state index in [9.17, 15) is 24.3 Å². The van der Waals surface area contributed by atoms with Gasteiger partial charge in [-0.15, -0.1) is 0 Å². The Morgan fingerprint density at radius 1 is 0.957 bits per heavy atom. The average Bonchev–Trinajstić information content (AvgIpc) is 2.32. The molecule has 1 saturated heterocycles. The summed E-state index contributed by atoms with van der Waals surface area (Å²) in [5.41, 5.74) is 0. The Morgan fingerprint density at radius 2 is 1.52 bits per heavy atom. The minimum absolute atomic E-state index is 0.0226. The van der Waals surface area contributed by atoms with Crippen LogP contribution < -0.4 is 0 Å². The van der Waals surface area contributed by atoms with Gasteiger partial charge >= 0.3 is 23.9 Å². The average molecular weight is 335 g/mol. The van der Waals surface area contributed by atoms with Gasteiger partial charge in [-0.2, -0.15) is 0 Å². The van der Waals surface area contributed by atoms with Gasteiger partial charge in [-0.05, 0) is 0 Å². The zero-order valence-electron chi connectivity index (χ0n) is 12.3. The predicted octanol–water partition coefficient (Wildman–Crippen LogP) is -2.20. The van der Waals surface area contributed by atoms with E-state index in [0.29, 0.717) is 0 Å². The molecule has 0 saturated carbocycles. The molecule has 0 aromatic heterocycles. The van der Waals surface area contributed by atoms with Gasteiger partial charge in [0.25, 0.3) is 0 Å². The zero-order chi connectivity index (χ0) is 17.6. The SMILES string of the molecule is O=C(O)CN1CCOCC[N+](CC(=O)O)(CC(=O)O)C1C(=O)O. The van der Waals surface area contributed by atoms with E-state index in [-0.39, 0.29) is 26.3 Å². The third kappa shape index (κ3) is 5.16. The van der Waals surface area contributed by atoms with Crippen LogP contribution in [0.4, 0.5) is 0 Å². The second-order valence-electron chi connectivity index (χ2n) is 5.23. The minimum atomic E-state index is -1.61. The Balaban J connectivity index is 3.34. The molecule has 4 N–H and O–H groups in total. The zero-order valence-corrected chi connectivity index (χ0v) is 12.3. The largest absolute Gasteiger partial charge is 0.480 e. The molecule has 23 heavy (non-hydrogen) atoms. The van der Waals surface area contributed by atoms with Crippen LogP contribution in [0.3, 0.4) is 0 Å². The maximum Gasteiger partial charge on any atom is 0.379 e. The summed E-state index contributed by atoms with van der Waals surface area (Å²) in [6.45, 7) is -2.41. The number of ether oxygens (including phenoxy) is 1. The molecule has 1 atom stereocenters. The summed E-state index contributed by atoms with van der Waals surface area (Å²) in [5.74, 6) is -5.54. The summed E-state index contributed by atoms with van der Waals surface area (Å²) in [5, 5.41) is 36.7. The fourth-order valence-electron chi connectivity index (χ4n) is 2.78. The Labute approximate surface area is 130 Å². The molecule has 0 aromatic carbocycles. The summed E-state index contributed by atoms with van der Waals surface area (Å²) in [6, 6.07) is 0. The van der Waals surface area contributed by atoms with Crippen molar-refractivity contribution in [3.8, 4) is 0 Å². The number of quaternary nitrogens is 1. The Morgan fingerprint density at radius 3 is 1.96 bits per heavy atom. The lowest BCUT2D eigenvalue weighted by Gasteiger charge is -2.45. The molecule has 1 fully saturated rings. The third-order valence-corrected chi connectivity index (χ3v) is 3.53. The molecule has 0 amide bonds. The van der Waals surface area contributed by atoms with E-state index in [1.54, 1.807) is 0 Å². The fraction of sp³-hybridized carbons (Fsp3) is 0.667. The van der Waals surface area contributed by atoms with Crippen LogP contribution in [0.1, 0.15) is 0 Å². The maximum absolute atomic E-state index is 11.7. The smallest absolute Gasteiger partial charge is 0.379 e.